The fourth-order valence-electron chi connectivity index (χ4n) is 2.06. The molecule has 1 rings (SSSR count). The number of unbranched alkanes of at least 4 members (excludes halogenated alkanes) is 1. The topological polar surface area (TPSA) is 84.7 Å². The van der Waals surface area contributed by atoms with Crippen LogP contribution < -0.4 is 11.1 Å². The van der Waals surface area contributed by atoms with E-state index in [4.69, 9.17) is 10.5 Å². The van der Waals surface area contributed by atoms with E-state index in [1.54, 1.807) is 4.90 Å². The third kappa shape index (κ3) is 5.16. The SMILES string of the molecule is CC(C)NC(=O)C1COCCN1C(=O)CCCCN. The molecule has 3 N–H and O–H groups in total. The molecule has 1 heterocycles. The van der Waals surface area contributed by atoms with Gasteiger partial charge in [-0.1, -0.05) is 0 Å². The maximum Gasteiger partial charge on any atom is 0.245 e. The molecule has 6 nitrogen and oxygen atoms in total. The van der Waals surface area contributed by atoms with E-state index >= 15 is 0 Å². The van der Waals surface area contributed by atoms with E-state index in [0.29, 0.717) is 26.1 Å². The quantitative estimate of drug-likeness (QED) is 0.659. The number of nitrogens with zero attached hydrogens (tertiary/aromatic N) is 1. The standard InChI is InChI=1S/C13H25N3O3/c1-10(2)15-13(18)11-9-19-8-7-16(11)12(17)5-3-4-6-14/h10-11H,3-9,14H2,1-2H3,(H,15,18). The van der Waals surface area contributed by atoms with Gasteiger partial charge in [-0.05, 0) is 33.2 Å². The van der Waals surface area contributed by atoms with Crippen LogP contribution in [0.2, 0.25) is 0 Å². The average Bonchev–Trinajstić information content (AvgIpc) is 2.38. The summed E-state index contributed by atoms with van der Waals surface area (Å²) in [5, 5.41) is 2.83. The van der Waals surface area contributed by atoms with Crippen LogP contribution in [0.1, 0.15) is 33.1 Å². The molecule has 6 heteroatoms. The van der Waals surface area contributed by atoms with Gasteiger partial charge in [-0.25, -0.2) is 0 Å². The molecular formula is C13H25N3O3. The Labute approximate surface area is 114 Å². The summed E-state index contributed by atoms with van der Waals surface area (Å²) in [6, 6.07) is -0.440. The molecule has 0 aliphatic carbocycles. The first kappa shape index (κ1) is 15.9. The number of carbonyl (C=O) groups is 2. The van der Waals surface area contributed by atoms with E-state index < -0.39 is 6.04 Å². The minimum Gasteiger partial charge on any atom is -0.377 e. The lowest BCUT2D eigenvalue weighted by Gasteiger charge is -2.35. The molecule has 110 valence electrons. The van der Waals surface area contributed by atoms with Crippen LogP contribution in [0.4, 0.5) is 0 Å². The largest absolute Gasteiger partial charge is 0.377 e. The van der Waals surface area contributed by atoms with Crippen molar-refractivity contribution < 1.29 is 14.3 Å². The van der Waals surface area contributed by atoms with Crippen molar-refractivity contribution in [2.45, 2.75) is 45.2 Å². The van der Waals surface area contributed by atoms with Gasteiger partial charge in [-0.15, -0.1) is 0 Å². The molecule has 1 aliphatic rings. The molecule has 1 aliphatic heterocycles. The normalized spacial score (nSPS) is 19.6. The number of nitrogens with two attached hydrogens (primary N) is 1. The Bertz CT molecular complexity index is 308. The summed E-state index contributed by atoms with van der Waals surface area (Å²) in [5.74, 6) is -0.123. The van der Waals surface area contributed by atoms with E-state index in [9.17, 15) is 9.59 Å². The molecule has 2 amide bonds. The number of nitrogens with one attached hydrogen (secondary N) is 1. The lowest BCUT2D eigenvalue weighted by molar-refractivity contribution is -0.148. The molecule has 1 saturated heterocycles. The Hall–Kier alpha value is -1.14. The number of ether oxygens (including phenoxy) is 1. The van der Waals surface area contributed by atoms with Gasteiger partial charge in [0.05, 0.1) is 13.2 Å². The fourth-order valence-corrected chi connectivity index (χ4v) is 2.06. The van der Waals surface area contributed by atoms with E-state index in [2.05, 4.69) is 5.32 Å². The first-order chi connectivity index (χ1) is 9.06. The summed E-state index contributed by atoms with van der Waals surface area (Å²) in [6.45, 7) is 5.64. The van der Waals surface area contributed by atoms with Crippen molar-refractivity contribution in [2.24, 2.45) is 5.73 Å². The van der Waals surface area contributed by atoms with Crippen molar-refractivity contribution in [3.8, 4) is 0 Å². The summed E-state index contributed by atoms with van der Waals surface area (Å²) >= 11 is 0. The van der Waals surface area contributed by atoms with Crippen LogP contribution in [0.25, 0.3) is 0 Å². The molecule has 0 spiro atoms. The predicted molar refractivity (Wildman–Crippen MR) is 72.5 cm³/mol. The minimum atomic E-state index is -0.499. The van der Waals surface area contributed by atoms with Crippen molar-refractivity contribution >= 4 is 11.8 Å². The van der Waals surface area contributed by atoms with E-state index in [-0.39, 0.29) is 24.5 Å². The molecular weight excluding hydrogens is 246 g/mol. The summed E-state index contributed by atoms with van der Waals surface area (Å²) in [7, 11) is 0. The lowest BCUT2D eigenvalue weighted by Crippen LogP contribution is -2.56. The molecule has 1 atom stereocenters. The summed E-state index contributed by atoms with van der Waals surface area (Å²) in [6.07, 6.45) is 2.05. The van der Waals surface area contributed by atoms with Crippen LogP contribution in [0.3, 0.4) is 0 Å². The Morgan fingerprint density at radius 2 is 2.16 bits per heavy atom. The van der Waals surface area contributed by atoms with Gasteiger partial charge in [-0.2, -0.15) is 0 Å². The minimum absolute atomic E-state index is 0.0145. The third-order valence-corrected chi connectivity index (χ3v) is 3.03. The van der Waals surface area contributed by atoms with Crippen LogP contribution in [-0.2, 0) is 14.3 Å². The second kappa shape index (κ2) is 8.12. The zero-order chi connectivity index (χ0) is 14.3. The molecule has 0 radical (unpaired) electrons. The summed E-state index contributed by atoms with van der Waals surface area (Å²) in [4.78, 5) is 25.8. The van der Waals surface area contributed by atoms with E-state index in [1.165, 1.54) is 0 Å². The highest BCUT2D eigenvalue weighted by atomic mass is 16.5. The molecule has 0 bridgehead atoms. The van der Waals surface area contributed by atoms with Crippen LogP contribution in [-0.4, -0.2) is 55.1 Å². The molecule has 0 aromatic rings. The van der Waals surface area contributed by atoms with E-state index in [0.717, 1.165) is 12.8 Å². The van der Waals surface area contributed by atoms with Gasteiger partial charge < -0.3 is 20.7 Å². The number of rotatable bonds is 6. The molecule has 0 aromatic carbocycles. The van der Waals surface area contributed by atoms with Crippen molar-refractivity contribution in [1.29, 1.82) is 0 Å². The van der Waals surface area contributed by atoms with Crippen LogP contribution in [0.15, 0.2) is 0 Å². The highest BCUT2D eigenvalue weighted by Crippen LogP contribution is 2.11. The van der Waals surface area contributed by atoms with Gasteiger partial charge in [-0.3, -0.25) is 9.59 Å². The first-order valence-electron chi connectivity index (χ1n) is 6.94. The highest BCUT2D eigenvalue weighted by molar-refractivity contribution is 5.88. The van der Waals surface area contributed by atoms with E-state index in [1.807, 2.05) is 13.8 Å². The maximum atomic E-state index is 12.1. The van der Waals surface area contributed by atoms with Crippen molar-refractivity contribution in [2.75, 3.05) is 26.3 Å². The summed E-state index contributed by atoms with van der Waals surface area (Å²) < 4.78 is 5.32. The van der Waals surface area contributed by atoms with Crippen LogP contribution in [0, 0.1) is 0 Å². The number of morpholine rings is 1. The Kier molecular flexibility index (Phi) is 6.80. The van der Waals surface area contributed by atoms with Crippen LogP contribution >= 0.6 is 0 Å². The monoisotopic (exact) mass is 271 g/mol. The maximum absolute atomic E-state index is 12.1. The fraction of sp³-hybridized carbons (Fsp3) is 0.846. The van der Waals surface area contributed by atoms with Crippen molar-refractivity contribution in [3.63, 3.8) is 0 Å². The molecule has 0 saturated carbocycles. The molecule has 1 fully saturated rings. The first-order valence-corrected chi connectivity index (χ1v) is 6.94. The number of carbonyl (C=O) groups excluding carboxylic acids is 2. The van der Waals surface area contributed by atoms with Gasteiger partial charge in [0.25, 0.3) is 0 Å². The molecule has 0 aromatic heterocycles. The molecule has 1 unspecified atom stereocenters. The number of hydrogen-bond donors (Lipinski definition) is 2. The van der Waals surface area contributed by atoms with Crippen molar-refractivity contribution in [1.82, 2.24) is 10.2 Å². The highest BCUT2D eigenvalue weighted by Gasteiger charge is 2.32. The number of hydrogen-bond acceptors (Lipinski definition) is 4. The smallest absolute Gasteiger partial charge is 0.245 e. The number of amides is 2. The van der Waals surface area contributed by atoms with Gasteiger partial charge in [0.2, 0.25) is 11.8 Å². The van der Waals surface area contributed by atoms with Crippen LogP contribution in [0.5, 0.6) is 0 Å². The van der Waals surface area contributed by atoms with Gasteiger partial charge in [0.1, 0.15) is 6.04 Å². The van der Waals surface area contributed by atoms with Gasteiger partial charge >= 0.3 is 0 Å². The molecule has 19 heavy (non-hydrogen) atoms. The summed E-state index contributed by atoms with van der Waals surface area (Å²) in [5.41, 5.74) is 5.41. The lowest BCUT2D eigenvalue weighted by atomic mass is 10.1. The zero-order valence-corrected chi connectivity index (χ0v) is 11.9. The predicted octanol–water partition coefficient (Wildman–Crippen LogP) is -0.133. The zero-order valence-electron chi connectivity index (χ0n) is 11.9. The Morgan fingerprint density at radius 1 is 1.42 bits per heavy atom. The van der Waals surface area contributed by atoms with Crippen molar-refractivity contribution in [3.05, 3.63) is 0 Å². The second-order valence-electron chi connectivity index (χ2n) is 5.09. The van der Waals surface area contributed by atoms with Gasteiger partial charge in [0, 0.05) is 19.0 Å². The van der Waals surface area contributed by atoms with Gasteiger partial charge in [0.15, 0.2) is 0 Å². The average molecular weight is 271 g/mol. The Balaban J connectivity index is 2.56. The second-order valence-corrected chi connectivity index (χ2v) is 5.09. The Morgan fingerprint density at radius 3 is 2.79 bits per heavy atom. The third-order valence-electron chi connectivity index (χ3n) is 3.03.